The number of nitrogens with one attached hydrogen (secondary N) is 2. The minimum Gasteiger partial charge on any atom is -0.358 e. The Morgan fingerprint density at radius 1 is 1.30 bits per heavy atom. The van der Waals surface area contributed by atoms with Gasteiger partial charge in [-0.15, -0.1) is 0 Å². The predicted octanol–water partition coefficient (Wildman–Crippen LogP) is 3.57. The van der Waals surface area contributed by atoms with Gasteiger partial charge in [-0.25, -0.2) is 0 Å². The van der Waals surface area contributed by atoms with Crippen molar-refractivity contribution in [2.75, 3.05) is 13.1 Å². The SMILES string of the molecule is CCNCC(=O)c1c(C)[nH]c2ccc(C(C)(C)C)cc12. The fraction of sp³-hybridized carbons (Fsp3) is 0.471. The molecule has 2 N–H and O–H groups in total. The number of aromatic amines is 1. The number of likely N-dealkylation sites (N-methyl/N-ethyl adjacent to an activating group) is 1. The van der Waals surface area contributed by atoms with E-state index in [4.69, 9.17) is 0 Å². The summed E-state index contributed by atoms with van der Waals surface area (Å²) in [6.45, 7) is 11.7. The van der Waals surface area contributed by atoms with Gasteiger partial charge in [0.05, 0.1) is 6.54 Å². The molecule has 20 heavy (non-hydrogen) atoms. The molecule has 2 aromatic rings. The number of Topliss-reactive ketones (excluding diaryl/α,β-unsaturated/α-hetero) is 1. The van der Waals surface area contributed by atoms with E-state index in [2.05, 4.69) is 49.3 Å². The lowest BCUT2D eigenvalue weighted by Crippen LogP contribution is -2.22. The van der Waals surface area contributed by atoms with E-state index in [1.165, 1.54) is 5.56 Å². The summed E-state index contributed by atoms with van der Waals surface area (Å²) in [5, 5.41) is 4.15. The molecule has 3 nitrogen and oxygen atoms in total. The number of ketones is 1. The molecule has 0 aliphatic carbocycles. The van der Waals surface area contributed by atoms with Gasteiger partial charge in [0, 0.05) is 22.2 Å². The number of hydrogen-bond acceptors (Lipinski definition) is 2. The van der Waals surface area contributed by atoms with E-state index in [0.717, 1.165) is 28.7 Å². The highest BCUT2D eigenvalue weighted by atomic mass is 16.1. The fourth-order valence-electron chi connectivity index (χ4n) is 2.48. The average molecular weight is 272 g/mol. The first-order chi connectivity index (χ1) is 9.34. The van der Waals surface area contributed by atoms with Gasteiger partial charge in [-0.05, 0) is 36.6 Å². The van der Waals surface area contributed by atoms with Gasteiger partial charge >= 0.3 is 0 Å². The van der Waals surface area contributed by atoms with E-state index in [1.807, 2.05) is 13.8 Å². The van der Waals surface area contributed by atoms with Crippen LogP contribution in [0.1, 0.15) is 49.3 Å². The number of benzene rings is 1. The quantitative estimate of drug-likeness (QED) is 0.836. The lowest BCUT2D eigenvalue weighted by atomic mass is 9.86. The summed E-state index contributed by atoms with van der Waals surface area (Å²) in [6, 6.07) is 6.36. The molecule has 1 heterocycles. The Kier molecular flexibility index (Phi) is 4.00. The Hall–Kier alpha value is -1.61. The maximum absolute atomic E-state index is 12.4. The van der Waals surface area contributed by atoms with Gasteiger partial charge in [0.1, 0.15) is 0 Å². The fourth-order valence-corrected chi connectivity index (χ4v) is 2.48. The molecule has 0 spiro atoms. The van der Waals surface area contributed by atoms with Gasteiger partial charge in [0.2, 0.25) is 0 Å². The van der Waals surface area contributed by atoms with E-state index in [-0.39, 0.29) is 11.2 Å². The van der Waals surface area contributed by atoms with E-state index in [9.17, 15) is 4.79 Å². The van der Waals surface area contributed by atoms with Crippen molar-refractivity contribution in [3.63, 3.8) is 0 Å². The van der Waals surface area contributed by atoms with Crippen LogP contribution in [0.25, 0.3) is 10.9 Å². The number of hydrogen-bond donors (Lipinski definition) is 2. The van der Waals surface area contributed by atoms with Gasteiger partial charge < -0.3 is 10.3 Å². The molecule has 0 unspecified atom stereocenters. The summed E-state index contributed by atoms with van der Waals surface area (Å²) in [5.41, 5.74) is 4.15. The summed E-state index contributed by atoms with van der Waals surface area (Å²) in [5.74, 6) is 0.154. The maximum atomic E-state index is 12.4. The Balaban J connectivity index is 2.53. The third kappa shape index (κ3) is 2.78. The Morgan fingerprint density at radius 2 is 2.00 bits per heavy atom. The first-order valence-corrected chi connectivity index (χ1v) is 7.21. The Morgan fingerprint density at radius 3 is 2.60 bits per heavy atom. The normalized spacial score (nSPS) is 12.1. The molecule has 0 saturated heterocycles. The lowest BCUT2D eigenvalue weighted by molar-refractivity contribution is 0.0993. The lowest BCUT2D eigenvalue weighted by Gasteiger charge is -2.19. The van der Waals surface area contributed by atoms with Crippen LogP contribution >= 0.6 is 0 Å². The zero-order valence-electron chi connectivity index (χ0n) is 13.1. The Bertz CT molecular complexity index is 632. The standard InChI is InChI=1S/C17H24N2O/c1-6-18-10-15(20)16-11(2)19-14-8-7-12(9-13(14)16)17(3,4)5/h7-9,18-19H,6,10H2,1-5H3. The second kappa shape index (κ2) is 5.41. The van der Waals surface area contributed by atoms with Gasteiger partial charge in [0.25, 0.3) is 0 Å². The zero-order valence-corrected chi connectivity index (χ0v) is 13.1. The van der Waals surface area contributed by atoms with Crippen molar-refractivity contribution in [3.8, 4) is 0 Å². The van der Waals surface area contributed by atoms with Crippen molar-refractivity contribution >= 4 is 16.7 Å². The van der Waals surface area contributed by atoms with Crippen LogP contribution in [0.4, 0.5) is 0 Å². The predicted molar refractivity (Wildman–Crippen MR) is 84.6 cm³/mol. The van der Waals surface area contributed by atoms with Crippen molar-refractivity contribution in [2.45, 2.75) is 40.0 Å². The maximum Gasteiger partial charge on any atom is 0.179 e. The zero-order chi connectivity index (χ0) is 14.9. The molecule has 0 saturated carbocycles. The minimum atomic E-state index is 0.0847. The summed E-state index contributed by atoms with van der Waals surface area (Å²) in [7, 11) is 0. The minimum absolute atomic E-state index is 0.0847. The highest BCUT2D eigenvalue weighted by molar-refractivity contribution is 6.10. The van der Waals surface area contributed by atoms with Crippen molar-refractivity contribution in [2.24, 2.45) is 0 Å². The molecule has 0 bridgehead atoms. The highest BCUT2D eigenvalue weighted by Gasteiger charge is 2.19. The van der Waals surface area contributed by atoms with Gasteiger partial charge in [-0.1, -0.05) is 33.8 Å². The molecule has 0 fully saturated rings. The highest BCUT2D eigenvalue weighted by Crippen LogP contribution is 2.29. The average Bonchev–Trinajstić information content (AvgIpc) is 2.69. The van der Waals surface area contributed by atoms with Crippen LogP contribution in [-0.4, -0.2) is 23.9 Å². The van der Waals surface area contributed by atoms with Crippen LogP contribution in [0.3, 0.4) is 0 Å². The van der Waals surface area contributed by atoms with E-state index < -0.39 is 0 Å². The van der Waals surface area contributed by atoms with Gasteiger partial charge in [-0.2, -0.15) is 0 Å². The van der Waals surface area contributed by atoms with Crippen molar-refractivity contribution in [1.82, 2.24) is 10.3 Å². The number of fused-ring (bicyclic) bond motifs is 1. The molecule has 0 radical (unpaired) electrons. The van der Waals surface area contributed by atoms with Crippen LogP contribution < -0.4 is 5.32 Å². The van der Waals surface area contributed by atoms with Crippen molar-refractivity contribution in [3.05, 3.63) is 35.0 Å². The third-order valence-corrected chi connectivity index (χ3v) is 3.67. The smallest absolute Gasteiger partial charge is 0.179 e. The first-order valence-electron chi connectivity index (χ1n) is 7.21. The van der Waals surface area contributed by atoms with Crippen LogP contribution in [0.5, 0.6) is 0 Å². The topological polar surface area (TPSA) is 44.9 Å². The summed E-state index contributed by atoms with van der Waals surface area (Å²) in [4.78, 5) is 15.7. The molecular weight excluding hydrogens is 248 g/mol. The molecule has 0 aliphatic heterocycles. The van der Waals surface area contributed by atoms with E-state index in [0.29, 0.717) is 6.54 Å². The summed E-state index contributed by atoms with van der Waals surface area (Å²) >= 11 is 0. The molecule has 2 rings (SSSR count). The number of carbonyl (C=O) groups excluding carboxylic acids is 1. The second-order valence-corrected chi connectivity index (χ2v) is 6.34. The number of aromatic nitrogens is 1. The molecule has 1 aromatic heterocycles. The van der Waals surface area contributed by atoms with E-state index in [1.54, 1.807) is 0 Å². The molecule has 0 atom stereocenters. The number of rotatable bonds is 4. The largest absolute Gasteiger partial charge is 0.358 e. The number of carbonyl (C=O) groups is 1. The van der Waals surface area contributed by atoms with Crippen LogP contribution in [-0.2, 0) is 5.41 Å². The molecule has 108 valence electrons. The second-order valence-electron chi connectivity index (χ2n) is 6.34. The number of aryl methyl sites for hydroxylation is 1. The van der Waals surface area contributed by atoms with Crippen molar-refractivity contribution in [1.29, 1.82) is 0 Å². The summed E-state index contributed by atoms with van der Waals surface area (Å²) < 4.78 is 0. The van der Waals surface area contributed by atoms with Crippen LogP contribution in [0, 0.1) is 6.92 Å². The molecule has 0 amide bonds. The van der Waals surface area contributed by atoms with Gasteiger partial charge in [0.15, 0.2) is 5.78 Å². The van der Waals surface area contributed by atoms with E-state index >= 15 is 0 Å². The summed E-state index contributed by atoms with van der Waals surface area (Å²) in [6.07, 6.45) is 0. The first kappa shape index (κ1) is 14.8. The molecule has 1 aromatic carbocycles. The monoisotopic (exact) mass is 272 g/mol. The molecule has 0 aliphatic rings. The molecule has 3 heteroatoms. The van der Waals surface area contributed by atoms with Crippen LogP contribution in [0.15, 0.2) is 18.2 Å². The molecular formula is C17H24N2O. The van der Waals surface area contributed by atoms with Crippen molar-refractivity contribution < 1.29 is 4.79 Å². The number of H-pyrrole nitrogens is 1. The third-order valence-electron chi connectivity index (χ3n) is 3.67. The van der Waals surface area contributed by atoms with Crippen LogP contribution in [0.2, 0.25) is 0 Å². The Labute approximate surface area is 120 Å². The van der Waals surface area contributed by atoms with Gasteiger partial charge in [-0.3, -0.25) is 4.79 Å².